The monoisotopic (exact) mass is 594 g/mol. The SMILES string of the molecule is CCCC1CCC(c2ccc(C(=O)OCC(OC(=O)c3ccc(C4CCC(CCC)CC4)cc3)c3ccccc3)cc2)CC1. The summed E-state index contributed by atoms with van der Waals surface area (Å²) in [6.45, 7) is 4.50. The van der Waals surface area contributed by atoms with E-state index in [1.54, 1.807) is 0 Å². The van der Waals surface area contributed by atoms with Crippen LogP contribution in [0.4, 0.5) is 0 Å². The summed E-state index contributed by atoms with van der Waals surface area (Å²) >= 11 is 0. The van der Waals surface area contributed by atoms with E-state index in [4.69, 9.17) is 9.47 Å². The quantitative estimate of drug-likeness (QED) is 0.196. The van der Waals surface area contributed by atoms with Crippen LogP contribution in [0.3, 0.4) is 0 Å². The van der Waals surface area contributed by atoms with Crippen LogP contribution < -0.4 is 0 Å². The Kier molecular flexibility index (Phi) is 11.7. The van der Waals surface area contributed by atoms with E-state index in [2.05, 4.69) is 38.1 Å². The summed E-state index contributed by atoms with van der Waals surface area (Å²) in [5.41, 5.74) is 4.44. The predicted octanol–water partition coefficient (Wildman–Crippen LogP) is 10.6. The molecule has 0 N–H and O–H groups in total. The second kappa shape index (κ2) is 16.1. The van der Waals surface area contributed by atoms with Gasteiger partial charge in [-0.3, -0.25) is 0 Å². The molecule has 4 nitrogen and oxygen atoms in total. The molecule has 4 heteroatoms. The van der Waals surface area contributed by atoms with E-state index < -0.39 is 18.0 Å². The molecule has 0 heterocycles. The van der Waals surface area contributed by atoms with Crippen molar-refractivity contribution in [2.45, 2.75) is 109 Å². The van der Waals surface area contributed by atoms with Crippen molar-refractivity contribution in [3.05, 3.63) is 107 Å². The van der Waals surface area contributed by atoms with Gasteiger partial charge in [0.1, 0.15) is 6.61 Å². The van der Waals surface area contributed by atoms with E-state index in [0.29, 0.717) is 23.0 Å². The number of carbonyl (C=O) groups excluding carboxylic acids is 2. The molecule has 234 valence electrons. The Morgan fingerprint density at radius 2 is 1.07 bits per heavy atom. The van der Waals surface area contributed by atoms with Crippen LogP contribution in [-0.2, 0) is 9.47 Å². The number of benzene rings is 3. The van der Waals surface area contributed by atoms with Gasteiger partial charge in [-0.25, -0.2) is 9.59 Å². The molecule has 0 amide bonds. The Hall–Kier alpha value is -3.40. The maximum absolute atomic E-state index is 13.2. The van der Waals surface area contributed by atoms with Crippen LogP contribution in [0.2, 0.25) is 0 Å². The van der Waals surface area contributed by atoms with Gasteiger partial charge in [0.15, 0.2) is 6.10 Å². The van der Waals surface area contributed by atoms with Gasteiger partial charge in [-0.2, -0.15) is 0 Å². The third-order valence-electron chi connectivity index (χ3n) is 10.1. The van der Waals surface area contributed by atoms with Crippen molar-refractivity contribution in [1.82, 2.24) is 0 Å². The third kappa shape index (κ3) is 8.61. The van der Waals surface area contributed by atoms with Crippen molar-refractivity contribution in [2.24, 2.45) is 11.8 Å². The number of esters is 2. The molecule has 1 atom stereocenters. The summed E-state index contributed by atoms with van der Waals surface area (Å²) in [5.74, 6) is 2.07. The largest absolute Gasteiger partial charge is 0.458 e. The maximum atomic E-state index is 13.2. The van der Waals surface area contributed by atoms with Crippen LogP contribution in [0.1, 0.15) is 146 Å². The fourth-order valence-corrected chi connectivity index (χ4v) is 7.47. The van der Waals surface area contributed by atoms with Crippen molar-refractivity contribution in [3.63, 3.8) is 0 Å². The van der Waals surface area contributed by atoms with E-state index in [9.17, 15) is 9.59 Å². The highest BCUT2D eigenvalue weighted by Gasteiger charge is 2.25. The molecule has 5 rings (SSSR count). The van der Waals surface area contributed by atoms with Crippen LogP contribution in [0.5, 0.6) is 0 Å². The maximum Gasteiger partial charge on any atom is 0.338 e. The molecule has 0 aromatic heterocycles. The topological polar surface area (TPSA) is 52.6 Å². The Labute approximate surface area is 264 Å². The number of carbonyl (C=O) groups is 2. The van der Waals surface area contributed by atoms with Crippen molar-refractivity contribution in [1.29, 1.82) is 0 Å². The molecule has 0 saturated heterocycles. The molecule has 3 aromatic carbocycles. The normalized spacial score (nSPS) is 22.6. The Morgan fingerprint density at radius 3 is 1.52 bits per heavy atom. The van der Waals surface area contributed by atoms with Gasteiger partial charge in [0.05, 0.1) is 11.1 Å². The Balaban J connectivity index is 1.16. The highest BCUT2D eigenvalue weighted by Crippen LogP contribution is 2.38. The first-order chi connectivity index (χ1) is 21.5. The lowest BCUT2D eigenvalue weighted by Crippen LogP contribution is -2.19. The van der Waals surface area contributed by atoms with Gasteiger partial charge in [-0.05, 0) is 116 Å². The minimum atomic E-state index is -0.696. The number of ether oxygens (including phenoxy) is 2. The minimum absolute atomic E-state index is 0.0448. The average molecular weight is 595 g/mol. The summed E-state index contributed by atoms with van der Waals surface area (Å²) in [6.07, 6.45) is 14.6. The fourth-order valence-electron chi connectivity index (χ4n) is 7.47. The average Bonchev–Trinajstić information content (AvgIpc) is 3.08. The van der Waals surface area contributed by atoms with Gasteiger partial charge in [0.25, 0.3) is 0 Å². The smallest absolute Gasteiger partial charge is 0.338 e. The summed E-state index contributed by atoms with van der Waals surface area (Å²) < 4.78 is 11.7. The molecule has 2 saturated carbocycles. The van der Waals surface area contributed by atoms with Crippen molar-refractivity contribution >= 4 is 11.9 Å². The molecule has 2 aliphatic rings. The molecule has 2 aliphatic carbocycles. The van der Waals surface area contributed by atoms with Gasteiger partial charge in [0.2, 0.25) is 0 Å². The highest BCUT2D eigenvalue weighted by atomic mass is 16.6. The Bertz CT molecular complexity index is 1300. The van der Waals surface area contributed by atoms with Crippen molar-refractivity contribution in [2.75, 3.05) is 6.61 Å². The minimum Gasteiger partial charge on any atom is -0.458 e. The van der Waals surface area contributed by atoms with E-state index in [1.165, 1.54) is 88.2 Å². The van der Waals surface area contributed by atoms with Gasteiger partial charge < -0.3 is 9.47 Å². The first-order valence-electron chi connectivity index (χ1n) is 17.2. The first kappa shape index (κ1) is 32.0. The van der Waals surface area contributed by atoms with E-state index >= 15 is 0 Å². The molecule has 1 unspecified atom stereocenters. The van der Waals surface area contributed by atoms with E-state index in [-0.39, 0.29) is 6.61 Å². The zero-order valence-corrected chi connectivity index (χ0v) is 26.7. The standard InChI is InChI=1S/C40H50O4/c1-3-8-29-12-16-31(17-13-29)33-20-24-36(25-21-33)39(41)43-28-38(35-10-6-5-7-11-35)44-40(42)37-26-22-34(23-27-37)32-18-14-30(9-4-2)15-19-32/h5-7,10-11,20-27,29-32,38H,3-4,8-9,12-19,28H2,1-2H3. The lowest BCUT2D eigenvalue weighted by atomic mass is 9.77. The zero-order valence-electron chi connectivity index (χ0n) is 26.7. The summed E-state index contributed by atoms with van der Waals surface area (Å²) in [6, 6.07) is 25.3. The zero-order chi connectivity index (χ0) is 30.7. The molecule has 2 fully saturated rings. The van der Waals surface area contributed by atoms with Crippen molar-refractivity contribution < 1.29 is 19.1 Å². The van der Waals surface area contributed by atoms with Gasteiger partial charge >= 0.3 is 11.9 Å². The molecule has 0 bridgehead atoms. The lowest BCUT2D eigenvalue weighted by Gasteiger charge is -2.28. The number of rotatable bonds is 12. The van der Waals surface area contributed by atoms with E-state index in [0.717, 1.165) is 17.4 Å². The molecular formula is C40H50O4. The van der Waals surface area contributed by atoms with Crippen LogP contribution >= 0.6 is 0 Å². The highest BCUT2D eigenvalue weighted by molar-refractivity contribution is 5.90. The lowest BCUT2D eigenvalue weighted by molar-refractivity contribution is -0.00134. The third-order valence-corrected chi connectivity index (χ3v) is 10.1. The van der Waals surface area contributed by atoms with Gasteiger partial charge in [0, 0.05) is 0 Å². The molecule has 0 radical (unpaired) electrons. The van der Waals surface area contributed by atoms with Crippen LogP contribution in [0.15, 0.2) is 78.9 Å². The first-order valence-corrected chi connectivity index (χ1v) is 17.2. The molecule has 44 heavy (non-hydrogen) atoms. The molecule has 0 spiro atoms. The fraction of sp³-hybridized carbons (Fsp3) is 0.500. The second-order valence-corrected chi connectivity index (χ2v) is 13.2. The molecule has 3 aromatic rings. The van der Waals surface area contributed by atoms with E-state index in [1.807, 2.05) is 54.6 Å². The van der Waals surface area contributed by atoms with Crippen molar-refractivity contribution in [3.8, 4) is 0 Å². The Morgan fingerprint density at radius 1 is 0.614 bits per heavy atom. The van der Waals surface area contributed by atoms with Gasteiger partial charge in [-0.15, -0.1) is 0 Å². The summed E-state index contributed by atoms with van der Waals surface area (Å²) in [7, 11) is 0. The van der Waals surface area contributed by atoms with Crippen LogP contribution in [0.25, 0.3) is 0 Å². The summed E-state index contributed by atoms with van der Waals surface area (Å²) in [5, 5.41) is 0. The number of hydrogen-bond acceptors (Lipinski definition) is 4. The molecule has 0 aliphatic heterocycles. The van der Waals surface area contributed by atoms with Crippen LogP contribution in [0, 0.1) is 11.8 Å². The predicted molar refractivity (Wildman–Crippen MR) is 177 cm³/mol. The van der Waals surface area contributed by atoms with Gasteiger partial charge in [-0.1, -0.05) is 94.1 Å². The number of hydrogen-bond donors (Lipinski definition) is 0. The molecular weight excluding hydrogens is 544 g/mol. The van der Waals surface area contributed by atoms with Crippen LogP contribution in [-0.4, -0.2) is 18.5 Å². The summed E-state index contributed by atoms with van der Waals surface area (Å²) in [4.78, 5) is 26.2. The second-order valence-electron chi connectivity index (χ2n) is 13.2.